The van der Waals surface area contributed by atoms with Gasteiger partial charge in [0.05, 0.1) is 34.1 Å². The lowest BCUT2D eigenvalue weighted by Gasteiger charge is -2.44. The highest BCUT2D eigenvalue weighted by atomic mass is 15.4. The zero-order valence-corrected chi connectivity index (χ0v) is 30.9. The summed E-state index contributed by atoms with van der Waals surface area (Å²) >= 11 is 0. The van der Waals surface area contributed by atoms with Gasteiger partial charge in [-0.15, -0.1) is 5.10 Å². The maximum Gasteiger partial charge on any atom is 0.161 e. The molecule has 11 rings (SSSR count). The summed E-state index contributed by atoms with van der Waals surface area (Å²) in [6.07, 6.45) is 2.08. The van der Waals surface area contributed by atoms with Crippen LogP contribution in [0.4, 0.5) is 51.6 Å². The van der Waals surface area contributed by atoms with Crippen LogP contribution in [0.5, 0.6) is 0 Å². The molecule has 258 valence electrons. The minimum absolute atomic E-state index is 0.204. The SMILES string of the molecule is CC1(C)c2ccccc2N2c3ccc4c(c3)N(c3ccc5c(n3)N(c3ccn(n3)-c3ccc1c2c3)c1ccccc1C5(C)C)c1ccccc1C4(C)C. The molecular formula is C47H40N6. The summed E-state index contributed by atoms with van der Waals surface area (Å²) in [5.74, 6) is 2.61. The molecule has 0 saturated heterocycles. The van der Waals surface area contributed by atoms with Gasteiger partial charge in [-0.3, -0.25) is 9.80 Å². The standard InChI is InChI=1S/C47H40N6/c1-45(2)31-13-7-10-16-37(31)51-30-20-22-35-41(28-30)52(38-17-11-8-14-32(38)46(35,3)4)42-24-23-36-44(48-42)53(39-18-12-9-15-33(39)47(36,5)6)43-25-26-50(49-43)29-19-21-34(45)40(51)27-29/h7-28H,1-6H3. The molecule has 6 heteroatoms. The lowest BCUT2D eigenvalue weighted by molar-refractivity contribution is 0.624. The largest absolute Gasteiger partial charge is 0.310 e. The minimum Gasteiger partial charge on any atom is -0.310 e. The normalized spacial score (nSPS) is 17.2. The van der Waals surface area contributed by atoms with Gasteiger partial charge >= 0.3 is 0 Å². The Labute approximate surface area is 310 Å². The molecule has 8 bridgehead atoms. The molecule has 0 radical (unpaired) electrons. The molecule has 0 spiro atoms. The third-order valence-corrected chi connectivity index (χ3v) is 12.5. The first-order valence-corrected chi connectivity index (χ1v) is 18.6. The molecule has 6 nitrogen and oxygen atoms in total. The Morgan fingerprint density at radius 3 is 1.51 bits per heavy atom. The molecule has 2 aromatic heterocycles. The molecule has 7 aromatic rings. The molecule has 4 aliphatic heterocycles. The van der Waals surface area contributed by atoms with Gasteiger partial charge in [0.15, 0.2) is 5.82 Å². The van der Waals surface area contributed by atoms with Crippen LogP contribution in [0.25, 0.3) is 5.69 Å². The van der Waals surface area contributed by atoms with Gasteiger partial charge in [0.25, 0.3) is 0 Å². The maximum absolute atomic E-state index is 5.68. The highest BCUT2D eigenvalue weighted by molar-refractivity contribution is 5.93. The summed E-state index contributed by atoms with van der Waals surface area (Å²) in [6, 6.07) is 46.9. The van der Waals surface area contributed by atoms with E-state index in [4.69, 9.17) is 10.1 Å². The van der Waals surface area contributed by atoms with Crippen molar-refractivity contribution in [3.63, 3.8) is 0 Å². The number of pyridine rings is 1. The smallest absolute Gasteiger partial charge is 0.161 e. The van der Waals surface area contributed by atoms with Crippen LogP contribution >= 0.6 is 0 Å². The van der Waals surface area contributed by atoms with E-state index in [1.807, 2.05) is 4.68 Å². The van der Waals surface area contributed by atoms with Gasteiger partial charge in [0, 0.05) is 39.8 Å². The van der Waals surface area contributed by atoms with Crippen LogP contribution < -0.4 is 14.7 Å². The van der Waals surface area contributed by atoms with E-state index >= 15 is 0 Å². The third kappa shape index (κ3) is 3.88. The van der Waals surface area contributed by atoms with Crippen molar-refractivity contribution < 1.29 is 0 Å². The van der Waals surface area contributed by atoms with Gasteiger partial charge in [0.2, 0.25) is 0 Å². The van der Waals surface area contributed by atoms with E-state index in [1.54, 1.807) is 0 Å². The monoisotopic (exact) mass is 688 g/mol. The first kappa shape index (κ1) is 30.5. The molecule has 0 saturated carbocycles. The maximum atomic E-state index is 5.68. The first-order chi connectivity index (χ1) is 25.5. The molecule has 0 amide bonds. The van der Waals surface area contributed by atoms with E-state index in [0.717, 1.165) is 51.6 Å². The van der Waals surface area contributed by atoms with Crippen LogP contribution in [-0.2, 0) is 16.2 Å². The van der Waals surface area contributed by atoms with Crippen LogP contribution in [0.15, 0.2) is 134 Å². The molecule has 6 heterocycles. The van der Waals surface area contributed by atoms with Crippen molar-refractivity contribution in [2.24, 2.45) is 0 Å². The number of para-hydroxylation sites is 3. The van der Waals surface area contributed by atoms with Crippen molar-refractivity contribution in [1.29, 1.82) is 0 Å². The van der Waals surface area contributed by atoms with Gasteiger partial charge in [-0.2, -0.15) is 0 Å². The number of benzene rings is 5. The quantitative estimate of drug-likeness (QED) is 0.159. The van der Waals surface area contributed by atoms with E-state index in [-0.39, 0.29) is 16.2 Å². The molecule has 0 aliphatic carbocycles. The Morgan fingerprint density at radius 1 is 0.396 bits per heavy atom. The molecular weight excluding hydrogens is 649 g/mol. The minimum atomic E-state index is -0.271. The number of hydrogen-bond acceptors (Lipinski definition) is 5. The fourth-order valence-corrected chi connectivity index (χ4v) is 9.70. The van der Waals surface area contributed by atoms with E-state index in [0.29, 0.717) is 0 Å². The van der Waals surface area contributed by atoms with Crippen LogP contribution in [0.3, 0.4) is 0 Å². The van der Waals surface area contributed by atoms with Crippen molar-refractivity contribution in [3.05, 3.63) is 167 Å². The third-order valence-electron chi connectivity index (χ3n) is 12.5. The van der Waals surface area contributed by atoms with Crippen LogP contribution in [0.1, 0.15) is 74.9 Å². The molecule has 4 aliphatic rings. The summed E-state index contributed by atoms with van der Waals surface area (Å²) in [5, 5.41) is 5.32. The van der Waals surface area contributed by atoms with Gasteiger partial charge in [-0.05, 0) is 76.3 Å². The number of aromatic nitrogens is 3. The highest BCUT2D eigenvalue weighted by Gasteiger charge is 2.43. The summed E-state index contributed by atoms with van der Waals surface area (Å²) < 4.78 is 2.01. The van der Waals surface area contributed by atoms with Gasteiger partial charge in [0.1, 0.15) is 11.6 Å². The summed E-state index contributed by atoms with van der Waals surface area (Å²) in [5.41, 5.74) is 14.7. The van der Waals surface area contributed by atoms with E-state index in [1.165, 1.54) is 39.1 Å². The fourth-order valence-electron chi connectivity index (χ4n) is 9.70. The van der Waals surface area contributed by atoms with Crippen molar-refractivity contribution in [3.8, 4) is 5.69 Å². The Morgan fingerprint density at radius 2 is 0.868 bits per heavy atom. The Hall–Kier alpha value is -6.14. The van der Waals surface area contributed by atoms with Crippen LogP contribution in [-0.4, -0.2) is 14.8 Å². The second-order valence-electron chi connectivity index (χ2n) is 16.5. The molecule has 0 atom stereocenters. The molecule has 0 unspecified atom stereocenters. The number of fused-ring (bicyclic) bond motifs is 15. The molecule has 53 heavy (non-hydrogen) atoms. The van der Waals surface area contributed by atoms with Crippen molar-refractivity contribution in [1.82, 2.24) is 14.8 Å². The summed E-state index contributed by atoms with van der Waals surface area (Å²) in [6.45, 7) is 14.0. The predicted molar refractivity (Wildman–Crippen MR) is 215 cm³/mol. The molecule has 5 aromatic carbocycles. The predicted octanol–water partition coefficient (Wildman–Crippen LogP) is 11.9. The number of anilines is 9. The van der Waals surface area contributed by atoms with Gasteiger partial charge in [-0.1, -0.05) is 114 Å². The summed E-state index contributed by atoms with van der Waals surface area (Å²) in [4.78, 5) is 12.8. The van der Waals surface area contributed by atoms with Crippen molar-refractivity contribution >= 4 is 51.6 Å². The number of hydrogen-bond donors (Lipinski definition) is 0. The first-order valence-electron chi connectivity index (χ1n) is 18.6. The average molecular weight is 689 g/mol. The lowest BCUT2D eigenvalue weighted by Crippen LogP contribution is -2.34. The fraction of sp³-hybridized carbons (Fsp3) is 0.191. The molecule has 0 fully saturated rings. The Bertz CT molecular complexity index is 2700. The second-order valence-corrected chi connectivity index (χ2v) is 16.5. The van der Waals surface area contributed by atoms with Crippen molar-refractivity contribution in [2.75, 3.05) is 14.7 Å². The Kier molecular flexibility index (Phi) is 5.78. The van der Waals surface area contributed by atoms with Gasteiger partial charge in [-0.25, -0.2) is 9.67 Å². The van der Waals surface area contributed by atoms with Crippen molar-refractivity contribution in [2.45, 2.75) is 57.8 Å². The average Bonchev–Trinajstić information content (AvgIpc) is 3.64. The van der Waals surface area contributed by atoms with E-state index in [9.17, 15) is 0 Å². The van der Waals surface area contributed by atoms with Crippen LogP contribution in [0.2, 0.25) is 0 Å². The highest BCUT2D eigenvalue weighted by Crippen LogP contribution is 2.58. The van der Waals surface area contributed by atoms with Gasteiger partial charge < -0.3 is 4.90 Å². The number of nitrogens with zero attached hydrogens (tertiary/aromatic N) is 6. The van der Waals surface area contributed by atoms with E-state index in [2.05, 4.69) is 190 Å². The van der Waals surface area contributed by atoms with Crippen LogP contribution in [0, 0.1) is 0 Å². The number of rotatable bonds is 0. The summed E-state index contributed by atoms with van der Waals surface area (Å²) in [7, 11) is 0. The Balaban J connectivity index is 1.28. The second kappa shape index (κ2) is 10.0. The molecule has 0 N–H and O–H groups in total. The van der Waals surface area contributed by atoms with E-state index < -0.39 is 0 Å². The zero-order chi connectivity index (χ0) is 36.0. The zero-order valence-electron chi connectivity index (χ0n) is 30.9. The lowest BCUT2D eigenvalue weighted by atomic mass is 9.72. The topological polar surface area (TPSA) is 40.4 Å².